The highest BCUT2D eigenvalue weighted by molar-refractivity contribution is 8.00. The molecule has 3 heterocycles. The Hall–Kier alpha value is -5.51. The second-order valence-electron chi connectivity index (χ2n) is 16.1. The van der Waals surface area contributed by atoms with Crippen molar-refractivity contribution < 1.29 is 4.42 Å². The zero-order chi connectivity index (χ0) is 36.2. The zero-order valence-electron chi connectivity index (χ0n) is 31.0. The summed E-state index contributed by atoms with van der Waals surface area (Å²) < 4.78 is 8.76. The normalized spacial score (nSPS) is 21.8. The van der Waals surface area contributed by atoms with Gasteiger partial charge in [0.05, 0.1) is 10.9 Å². The fourth-order valence-electron chi connectivity index (χ4n) is 10.9. The van der Waals surface area contributed by atoms with Crippen LogP contribution in [0.1, 0.15) is 49.3 Å². The van der Waals surface area contributed by atoms with Crippen LogP contribution in [0, 0.1) is 17.8 Å². The van der Waals surface area contributed by atoms with Crippen LogP contribution in [0.25, 0.3) is 61.3 Å². The minimum atomic E-state index is 0.461. The van der Waals surface area contributed by atoms with Gasteiger partial charge in [-0.2, -0.15) is 0 Å². The number of hydrogen-bond acceptors (Lipinski definition) is 2. The lowest BCUT2D eigenvalue weighted by Crippen LogP contribution is -2.35. The molecule has 12 rings (SSSR count). The van der Waals surface area contributed by atoms with Crippen LogP contribution in [-0.4, -0.2) is 9.82 Å². The summed E-state index contributed by atoms with van der Waals surface area (Å²) in [6.45, 7) is 2.53. The van der Waals surface area contributed by atoms with E-state index in [4.69, 9.17) is 4.42 Å². The number of fused-ring (bicyclic) bond motifs is 12. The van der Waals surface area contributed by atoms with Crippen LogP contribution in [0.4, 0.5) is 0 Å². The first-order valence-corrected chi connectivity index (χ1v) is 21.0. The van der Waals surface area contributed by atoms with Gasteiger partial charge in [0.1, 0.15) is 11.2 Å². The fourth-order valence-corrected chi connectivity index (χ4v) is 12.1. The van der Waals surface area contributed by atoms with E-state index in [0.29, 0.717) is 23.0 Å². The summed E-state index contributed by atoms with van der Waals surface area (Å²) in [6, 6.07) is 42.6. The standard InChI is InChI=1S/C52H41NOS/c1-31(32-24-27-50-44(28-32)37-15-6-9-23-49(37)55-50)42-29-33-12-2-3-13-35(33)51-38(17-10-18-40(42)51)39-19-11-21-46-52(39)41-16-4-7-20-45(41)53(46)34-25-26-48-43(30-34)36-14-5-8-22-47(36)54-48/h2-10,12-17,20-26,28,30-31,40,42,50H,11,18-19,27,29H2,1H3/t31-,40?,42?,50?/m0/s1. The first-order valence-electron chi connectivity index (χ1n) is 20.1. The molecule has 0 fully saturated rings. The predicted molar refractivity (Wildman–Crippen MR) is 231 cm³/mol. The smallest absolute Gasteiger partial charge is 0.135 e. The van der Waals surface area contributed by atoms with Crippen molar-refractivity contribution in [1.82, 2.24) is 4.57 Å². The SMILES string of the molecule is C[C@@H](C1=CCC2Sc3ccccc3C2=C1)C1Cc2ccccc2C2=C(C3=c4c(n(-c5ccc6oc7ccccc7c6c5)c5ccccc45)=CCC3)C=CCC21. The summed E-state index contributed by atoms with van der Waals surface area (Å²) in [5.74, 6) is 1.46. The largest absolute Gasteiger partial charge is 0.456 e. The molecule has 266 valence electrons. The van der Waals surface area contributed by atoms with E-state index in [9.17, 15) is 0 Å². The maximum atomic E-state index is 6.25. The van der Waals surface area contributed by atoms with Gasteiger partial charge in [0.25, 0.3) is 0 Å². The maximum Gasteiger partial charge on any atom is 0.135 e. The molecule has 0 radical (unpaired) electrons. The number of thioether (sulfide) groups is 1. The molecule has 2 aromatic heterocycles. The molecule has 0 N–H and O–H groups in total. The molecule has 0 spiro atoms. The molecule has 0 saturated carbocycles. The Kier molecular flexibility index (Phi) is 7.08. The number of allylic oxidation sites excluding steroid dienone is 7. The molecule has 5 aromatic carbocycles. The maximum absolute atomic E-state index is 6.25. The molecule has 0 saturated heterocycles. The molecule has 1 aliphatic heterocycles. The van der Waals surface area contributed by atoms with Crippen LogP contribution >= 0.6 is 11.8 Å². The second kappa shape index (κ2) is 12.2. The Morgan fingerprint density at radius 3 is 2.51 bits per heavy atom. The third-order valence-electron chi connectivity index (χ3n) is 13.4. The molecule has 0 amide bonds. The zero-order valence-corrected chi connectivity index (χ0v) is 31.8. The minimum Gasteiger partial charge on any atom is -0.456 e. The number of rotatable bonds is 4. The average molecular weight is 728 g/mol. The highest BCUT2D eigenvalue weighted by atomic mass is 32.2. The Morgan fingerprint density at radius 2 is 1.56 bits per heavy atom. The van der Waals surface area contributed by atoms with Crippen molar-refractivity contribution in [3.05, 3.63) is 178 Å². The van der Waals surface area contributed by atoms with Gasteiger partial charge in [-0.15, -0.1) is 11.8 Å². The molecular formula is C52H41NOS. The molecule has 3 heteroatoms. The molecule has 5 aliphatic rings. The van der Waals surface area contributed by atoms with Crippen molar-refractivity contribution in [2.45, 2.75) is 49.2 Å². The van der Waals surface area contributed by atoms with Gasteiger partial charge in [0, 0.05) is 37.2 Å². The molecular weight excluding hydrogens is 687 g/mol. The van der Waals surface area contributed by atoms with Crippen LogP contribution < -0.4 is 10.6 Å². The summed E-state index contributed by atoms with van der Waals surface area (Å²) in [5.41, 5.74) is 16.4. The van der Waals surface area contributed by atoms with Gasteiger partial charge in [0.15, 0.2) is 0 Å². The van der Waals surface area contributed by atoms with Gasteiger partial charge in [-0.1, -0.05) is 116 Å². The van der Waals surface area contributed by atoms with E-state index < -0.39 is 0 Å². The lowest BCUT2D eigenvalue weighted by molar-refractivity contribution is 0.310. The van der Waals surface area contributed by atoms with Crippen LogP contribution in [0.15, 0.2) is 160 Å². The first-order chi connectivity index (χ1) is 27.2. The van der Waals surface area contributed by atoms with E-state index in [2.05, 4.69) is 169 Å². The van der Waals surface area contributed by atoms with Gasteiger partial charge >= 0.3 is 0 Å². The predicted octanol–water partition coefficient (Wildman–Crippen LogP) is 12.0. The molecule has 7 aromatic rings. The Morgan fingerprint density at radius 1 is 0.764 bits per heavy atom. The summed E-state index contributed by atoms with van der Waals surface area (Å²) in [6.07, 6.45) is 18.1. The van der Waals surface area contributed by atoms with E-state index in [1.165, 1.54) is 65.5 Å². The van der Waals surface area contributed by atoms with Crippen LogP contribution in [0.5, 0.6) is 0 Å². The highest BCUT2D eigenvalue weighted by Gasteiger charge is 2.40. The summed E-state index contributed by atoms with van der Waals surface area (Å²) in [7, 11) is 0. The van der Waals surface area contributed by atoms with Gasteiger partial charge in [-0.25, -0.2) is 0 Å². The molecule has 0 bridgehead atoms. The molecule has 4 aliphatic carbocycles. The average Bonchev–Trinajstić information content (AvgIpc) is 3.92. The first kappa shape index (κ1) is 31.8. The monoisotopic (exact) mass is 727 g/mol. The van der Waals surface area contributed by atoms with Crippen molar-refractivity contribution in [3.8, 4) is 5.69 Å². The summed E-state index contributed by atoms with van der Waals surface area (Å²) in [4.78, 5) is 1.44. The van der Waals surface area contributed by atoms with Gasteiger partial charge in [0.2, 0.25) is 0 Å². The van der Waals surface area contributed by atoms with Crippen molar-refractivity contribution in [2.75, 3.05) is 0 Å². The number of nitrogens with zero attached hydrogens (tertiary/aromatic N) is 1. The van der Waals surface area contributed by atoms with E-state index in [0.717, 1.165) is 54.0 Å². The molecule has 2 nitrogen and oxygen atoms in total. The number of para-hydroxylation sites is 2. The Balaban J connectivity index is 1.04. The van der Waals surface area contributed by atoms with E-state index in [1.807, 2.05) is 0 Å². The number of benzene rings is 5. The fraction of sp³-hybridized carbons (Fsp3) is 0.192. The van der Waals surface area contributed by atoms with Gasteiger partial charge in [-0.05, 0) is 131 Å². The van der Waals surface area contributed by atoms with Crippen molar-refractivity contribution >= 4 is 67.4 Å². The Labute approximate surface area is 325 Å². The quantitative estimate of drug-likeness (QED) is 0.180. The molecule has 4 atom stereocenters. The Bertz CT molecular complexity index is 3030. The topological polar surface area (TPSA) is 18.1 Å². The number of hydrogen-bond donors (Lipinski definition) is 0. The van der Waals surface area contributed by atoms with E-state index in [1.54, 1.807) is 11.1 Å². The molecule has 3 unspecified atom stereocenters. The summed E-state index contributed by atoms with van der Waals surface area (Å²) >= 11 is 2.05. The van der Waals surface area contributed by atoms with Gasteiger partial charge in [-0.3, -0.25) is 0 Å². The third kappa shape index (κ3) is 4.75. The lowest BCUT2D eigenvalue weighted by atomic mass is 9.62. The van der Waals surface area contributed by atoms with Crippen LogP contribution in [0.2, 0.25) is 0 Å². The van der Waals surface area contributed by atoms with Crippen molar-refractivity contribution in [1.29, 1.82) is 0 Å². The van der Waals surface area contributed by atoms with Crippen LogP contribution in [-0.2, 0) is 6.42 Å². The van der Waals surface area contributed by atoms with E-state index in [-0.39, 0.29) is 0 Å². The van der Waals surface area contributed by atoms with Crippen LogP contribution in [0.3, 0.4) is 0 Å². The van der Waals surface area contributed by atoms with Gasteiger partial charge < -0.3 is 8.98 Å². The van der Waals surface area contributed by atoms with E-state index >= 15 is 0 Å². The lowest BCUT2D eigenvalue weighted by Gasteiger charge is -2.42. The van der Waals surface area contributed by atoms with Crippen molar-refractivity contribution in [2.24, 2.45) is 17.8 Å². The third-order valence-corrected chi connectivity index (χ3v) is 14.7. The summed E-state index contributed by atoms with van der Waals surface area (Å²) in [5, 5.41) is 6.94. The highest BCUT2D eigenvalue weighted by Crippen LogP contribution is 2.53. The van der Waals surface area contributed by atoms with Crippen molar-refractivity contribution in [3.63, 3.8) is 0 Å². The number of furan rings is 1. The molecule has 55 heavy (non-hydrogen) atoms. The number of aromatic nitrogens is 1. The minimum absolute atomic E-state index is 0.461. The second-order valence-corrected chi connectivity index (χ2v) is 17.4.